The molecule has 4 nitrogen and oxygen atoms in total. The lowest BCUT2D eigenvalue weighted by Gasteiger charge is -2.08. The molecule has 0 unspecified atom stereocenters. The summed E-state index contributed by atoms with van der Waals surface area (Å²) in [5.41, 5.74) is 1.56. The highest BCUT2D eigenvalue weighted by Crippen LogP contribution is 2.36. The van der Waals surface area contributed by atoms with Crippen molar-refractivity contribution in [1.82, 2.24) is 4.57 Å². The maximum Gasteiger partial charge on any atom is 0.325 e. The number of hydrogen-bond donors (Lipinski definition) is 2. The van der Waals surface area contributed by atoms with Crippen LogP contribution in [0.15, 0.2) is 36.4 Å². The summed E-state index contributed by atoms with van der Waals surface area (Å²) in [6.45, 7) is 0.525. The van der Waals surface area contributed by atoms with Gasteiger partial charge >= 0.3 is 7.60 Å². The number of aromatic nitrogens is 1. The Balaban J connectivity index is 1.99. The number of hydrogen-bond acceptors (Lipinski definition) is 1. The van der Waals surface area contributed by atoms with E-state index in [0.717, 1.165) is 11.0 Å². The van der Waals surface area contributed by atoms with Gasteiger partial charge < -0.3 is 14.4 Å². The molecule has 0 aliphatic heterocycles. The second-order valence-corrected chi connectivity index (χ2v) is 7.35. The average molecular weight is 339 g/mol. The molecule has 0 radical (unpaired) electrons. The zero-order valence-corrected chi connectivity index (χ0v) is 13.1. The summed E-state index contributed by atoms with van der Waals surface area (Å²) in [5, 5.41) is 1.27. The van der Waals surface area contributed by atoms with Crippen LogP contribution in [0, 0.1) is 11.6 Å². The summed E-state index contributed by atoms with van der Waals surface area (Å²) in [5.74, 6) is -0.773. The minimum Gasteiger partial charge on any atom is -0.340 e. The van der Waals surface area contributed by atoms with Crippen LogP contribution in [0.2, 0.25) is 0 Å². The molecule has 23 heavy (non-hydrogen) atoms. The molecule has 122 valence electrons. The van der Waals surface area contributed by atoms with Crippen molar-refractivity contribution in [3.05, 3.63) is 48.0 Å². The molecule has 1 heterocycles. The number of fused-ring (bicyclic) bond motifs is 3. The third kappa shape index (κ3) is 3.44. The molecule has 0 spiro atoms. The third-order valence-corrected chi connectivity index (χ3v) is 4.77. The Morgan fingerprint density at radius 1 is 0.913 bits per heavy atom. The van der Waals surface area contributed by atoms with Crippen LogP contribution < -0.4 is 0 Å². The highest BCUT2D eigenvalue weighted by Gasteiger charge is 2.14. The van der Waals surface area contributed by atoms with Gasteiger partial charge in [-0.05, 0) is 49.2 Å². The van der Waals surface area contributed by atoms with E-state index in [2.05, 4.69) is 0 Å². The van der Waals surface area contributed by atoms with Crippen molar-refractivity contribution in [1.29, 1.82) is 0 Å². The van der Waals surface area contributed by atoms with E-state index in [-0.39, 0.29) is 17.8 Å². The van der Waals surface area contributed by atoms with E-state index >= 15 is 0 Å². The highest BCUT2D eigenvalue weighted by molar-refractivity contribution is 7.51. The van der Waals surface area contributed by atoms with Crippen molar-refractivity contribution < 1.29 is 23.1 Å². The zero-order valence-electron chi connectivity index (χ0n) is 12.2. The lowest BCUT2D eigenvalue weighted by atomic mass is 10.1. The monoisotopic (exact) mass is 339 g/mol. The lowest BCUT2D eigenvalue weighted by Crippen LogP contribution is -1.99. The molecular formula is C16H16F2NO3P. The van der Waals surface area contributed by atoms with Crippen LogP contribution in [0.1, 0.15) is 12.8 Å². The van der Waals surface area contributed by atoms with Gasteiger partial charge in [0.25, 0.3) is 0 Å². The first-order chi connectivity index (χ1) is 10.8. The molecule has 0 fully saturated rings. The fraction of sp³-hybridized carbons (Fsp3) is 0.250. The van der Waals surface area contributed by atoms with Gasteiger partial charge in [0.15, 0.2) is 0 Å². The third-order valence-electron chi connectivity index (χ3n) is 3.87. The van der Waals surface area contributed by atoms with E-state index in [1.807, 2.05) is 4.57 Å². The fourth-order valence-corrected chi connectivity index (χ4v) is 3.51. The quantitative estimate of drug-likeness (QED) is 0.545. The summed E-state index contributed by atoms with van der Waals surface area (Å²) in [6.07, 6.45) is 0.792. The van der Waals surface area contributed by atoms with E-state index in [9.17, 15) is 13.3 Å². The molecule has 0 saturated carbocycles. The Morgan fingerprint density at radius 2 is 1.43 bits per heavy atom. The first-order valence-corrected chi connectivity index (χ1v) is 9.06. The summed E-state index contributed by atoms with van der Waals surface area (Å²) in [7, 11) is -3.99. The number of rotatable bonds is 5. The van der Waals surface area contributed by atoms with E-state index in [4.69, 9.17) is 9.79 Å². The predicted molar refractivity (Wildman–Crippen MR) is 85.5 cm³/mol. The molecular weight excluding hydrogens is 323 g/mol. The topological polar surface area (TPSA) is 62.5 Å². The molecule has 0 saturated heterocycles. The van der Waals surface area contributed by atoms with Crippen molar-refractivity contribution in [3.63, 3.8) is 0 Å². The first kappa shape index (κ1) is 16.1. The smallest absolute Gasteiger partial charge is 0.325 e. The molecule has 2 N–H and O–H groups in total. The standard InChI is InChI=1S/C16H16F2NO3P/c17-11-3-5-15-13(9-11)14-10-12(18)4-6-16(14)19(15)7-1-2-8-23(20,21)22/h3-6,9-10H,1-2,7-8H2,(H2,20,21,22). The van der Waals surface area contributed by atoms with E-state index in [0.29, 0.717) is 30.2 Å². The molecule has 1 aromatic heterocycles. The maximum atomic E-state index is 13.5. The largest absolute Gasteiger partial charge is 0.340 e. The Hall–Kier alpha value is -1.75. The average Bonchev–Trinajstić information content (AvgIpc) is 2.75. The van der Waals surface area contributed by atoms with Crippen LogP contribution in [-0.2, 0) is 11.1 Å². The van der Waals surface area contributed by atoms with Gasteiger partial charge in [-0.3, -0.25) is 4.57 Å². The van der Waals surface area contributed by atoms with Crippen LogP contribution in [0.3, 0.4) is 0 Å². The van der Waals surface area contributed by atoms with Crippen molar-refractivity contribution in [2.75, 3.05) is 6.16 Å². The van der Waals surface area contributed by atoms with Gasteiger partial charge in [0.1, 0.15) is 11.6 Å². The summed E-state index contributed by atoms with van der Waals surface area (Å²) >= 11 is 0. The number of nitrogens with zero attached hydrogens (tertiary/aromatic N) is 1. The fourth-order valence-electron chi connectivity index (χ4n) is 2.88. The van der Waals surface area contributed by atoms with Crippen LogP contribution in [0.5, 0.6) is 0 Å². The summed E-state index contributed by atoms with van der Waals surface area (Å²) < 4.78 is 39.9. The minimum absolute atomic E-state index is 0.159. The number of aryl methyl sites for hydroxylation is 1. The zero-order chi connectivity index (χ0) is 16.6. The van der Waals surface area contributed by atoms with Crippen molar-refractivity contribution in [3.8, 4) is 0 Å². The number of halogens is 2. The van der Waals surface area contributed by atoms with Crippen LogP contribution in [0.4, 0.5) is 8.78 Å². The SMILES string of the molecule is O=P(O)(O)CCCCn1c2ccc(F)cc2c2cc(F)ccc21. The van der Waals surface area contributed by atoms with Gasteiger partial charge in [-0.15, -0.1) is 0 Å². The molecule has 0 bridgehead atoms. The normalized spacial score (nSPS) is 12.3. The minimum atomic E-state index is -3.99. The molecule has 3 aromatic rings. The van der Waals surface area contributed by atoms with Gasteiger partial charge in [-0.2, -0.15) is 0 Å². The van der Waals surface area contributed by atoms with Crippen LogP contribution in [-0.4, -0.2) is 20.5 Å². The van der Waals surface area contributed by atoms with Crippen molar-refractivity contribution >= 4 is 29.4 Å². The van der Waals surface area contributed by atoms with E-state index < -0.39 is 7.60 Å². The van der Waals surface area contributed by atoms with Gasteiger partial charge in [-0.25, -0.2) is 8.78 Å². The Labute approximate surface area is 131 Å². The van der Waals surface area contributed by atoms with Crippen LogP contribution >= 0.6 is 7.60 Å². The predicted octanol–water partition coefficient (Wildman–Crippen LogP) is 4.03. The highest BCUT2D eigenvalue weighted by atomic mass is 31.2. The first-order valence-electron chi connectivity index (χ1n) is 7.27. The number of unbranched alkanes of at least 4 members (excludes halogenated alkanes) is 1. The Kier molecular flexibility index (Phi) is 4.23. The molecule has 0 aliphatic carbocycles. The Morgan fingerprint density at radius 3 is 1.91 bits per heavy atom. The maximum absolute atomic E-state index is 13.5. The lowest BCUT2D eigenvalue weighted by molar-refractivity contribution is 0.370. The molecule has 2 aromatic carbocycles. The molecule has 0 amide bonds. The second-order valence-electron chi connectivity index (χ2n) is 5.57. The second kappa shape index (κ2) is 6.04. The van der Waals surface area contributed by atoms with Gasteiger partial charge in [-0.1, -0.05) is 0 Å². The van der Waals surface area contributed by atoms with Crippen LogP contribution in [0.25, 0.3) is 21.8 Å². The Bertz CT molecular complexity index is 857. The van der Waals surface area contributed by atoms with Gasteiger partial charge in [0.2, 0.25) is 0 Å². The molecule has 7 heteroatoms. The summed E-state index contributed by atoms with van der Waals surface area (Å²) in [6, 6.07) is 8.75. The van der Waals surface area contributed by atoms with Gasteiger partial charge in [0, 0.05) is 34.5 Å². The van der Waals surface area contributed by atoms with E-state index in [1.165, 1.54) is 24.3 Å². The number of benzene rings is 2. The van der Waals surface area contributed by atoms with Gasteiger partial charge in [0.05, 0.1) is 0 Å². The molecule has 3 rings (SSSR count). The molecule has 0 aliphatic rings. The van der Waals surface area contributed by atoms with Crippen molar-refractivity contribution in [2.45, 2.75) is 19.4 Å². The van der Waals surface area contributed by atoms with Crippen molar-refractivity contribution in [2.24, 2.45) is 0 Å². The summed E-state index contributed by atoms with van der Waals surface area (Å²) in [4.78, 5) is 17.8. The van der Waals surface area contributed by atoms with E-state index in [1.54, 1.807) is 12.1 Å². The molecule has 0 atom stereocenters.